The lowest BCUT2D eigenvalue weighted by Crippen LogP contribution is -2.41. The van der Waals surface area contributed by atoms with Gasteiger partial charge in [-0.2, -0.15) is 0 Å². The Kier molecular flexibility index (Phi) is 5.53. The van der Waals surface area contributed by atoms with Crippen LogP contribution in [0.4, 0.5) is 0 Å². The lowest BCUT2D eigenvalue weighted by atomic mass is 10.1. The molecule has 0 unspecified atom stereocenters. The summed E-state index contributed by atoms with van der Waals surface area (Å²) in [7, 11) is 1.39. The molecule has 1 atom stereocenters. The van der Waals surface area contributed by atoms with E-state index in [1.807, 2.05) is 0 Å². The molecule has 0 aliphatic carbocycles. The quantitative estimate of drug-likeness (QED) is 0.574. The Morgan fingerprint density at radius 2 is 1.95 bits per heavy atom. The molecule has 1 rings (SSSR count). The molecule has 1 aromatic rings. The lowest BCUT2D eigenvalue weighted by molar-refractivity contribution is -0.140. The van der Waals surface area contributed by atoms with Gasteiger partial charge in [-0.25, -0.2) is 4.79 Å². The van der Waals surface area contributed by atoms with E-state index in [0.29, 0.717) is 5.75 Å². The largest absolute Gasteiger partial charge is 0.507 e. The van der Waals surface area contributed by atoms with E-state index in [-0.39, 0.29) is 17.7 Å². The summed E-state index contributed by atoms with van der Waals surface area (Å²) in [5, 5.41) is 29.3. The molecular weight excluding hydrogens is 282 g/mol. The second-order valence-electron chi connectivity index (χ2n) is 4.18. The minimum atomic E-state index is -1.35. The summed E-state index contributed by atoms with van der Waals surface area (Å²) in [5.74, 6) is -3.35. The Morgan fingerprint density at radius 3 is 2.43 bits per heavy atom. The highest BCUT2D eigenvalue weighted by atomic mass is 16.5. The van der Waals surface area contributed by atoms with E-state index >= 15 is 0 Å². The highest BCUT2D eigenvalue weighted by Gasteiger charge is 2.23. The molecule has 114 valence electrons. The average Bonchev–Trinajstić information content (AvgIpc) is 2.42. The molecule has 1 aromatic carbocycles. The lowest BCUT2D eigenvalue weighted by Gasteiger charge is -2.14. The van der Waals surface area contributed by atoms with E-state index in [2.05, 4.69) is 5.32 Å². The van der Waals surface area contributed by atoms with Gasteiger partial charge in [0.05, 0.1) is 12.7 Å². The van der Waals surface area contributed by atoms with Gasteiger partial charge in [0.1, 0.15) is 17.5 Å². The minimum absolute atomic E-state index is 0.127. The topological polar surface area (TPSA) is 133 Å². The molecule has 4 N–H and O–H groups in total. The highest BCUT2D eigenvalue weighted by molar-refractivity contribution is 5.99. The van der Waals surface area contributed by atoms with Crippen molar-refractivity contribution >= 4 is 17.8 Å². The zero-order valence-corrected chi connectivity index (χ0v) is 11.2. The van der Waals surface area contributed by atoms with Crippen molar-refractivity contribution in [2.24, 2.45) is 0 Å². The van der Waals surface area contributed by atoms with Crippen LogP contribution in [0.2, 0.25) is 0 Å². The predicted molar refractivity (Wildman–Crippen MR) is 70.4 cm³/mol. The van der Waals surface area contributed by atoms with Gasteiger partial charge in [0.2, 0.25) is 0 Å². The molecule has 0 aromatic heterocycles. The predicted octanol–water partition coefficient (Wildman–Crippen LogP) is 0.449. The highest BCUT2D eigenvalue weighted by Crippen LogP contribution is 2.23. The van der Waals surface area contributed by atoms with E-state index in [9.17, 15) is 19.5 Å². The van der Waals surface area contributed by atoms with Crippen LogP contribution in [0.1, 0.15) is 23.2 Å². The maximum atomic E-state index is 11.9. The number of rotatable bonds is 7. The third-order valence-electron chi connectivity index (χ3n) is 2.70. The second kappa shape index (κ2) is 7.13. The van der Waals surface area contributed by atoms with Gasteiger partial charge in [0.25, 0.3) is 5.91 Å². The monoisotopic (exact) mass is 297 g/mol. The van der Waals surface area contributed by atoms with Crippen molar-refractivity contribution in [3.05, 3.63) is 23.8 Å². The SMILES string of the molecule is COc1ccc(C(=O)N[C@@H](CCC(=O)O)C(=O)O)c(O)c1. The van der Waals surface area contributed by atoms with Crippen molar-refractivity contribution in [2.45, 2.75) is 18.9 Å². The van der Waals surface area contributed by atoms with E-state index in [1.165, 1.54) is 25.3 Å². The van der Waals surface area contributed by atoms with Crippen LogP contribution in [0, 0.1) is 0 Å². The number of amides is 1. The number of aliphatic carboxylic acids is 2. The fourth-order valence-corrected chi connectivity index (χ4v) is 1.59. The number of methoxy groups -OCH3 is 1. The van der Waals surface area contributed by atoms with Gasteiger partial charge >= 0.3 is 11.9 Å². The van der Waals surface area contributed by atoms with Crippen LogP contribution < -0.4 is 10.1 Å². The molecule has 0 saturated heterocycles. The van der Waals surface area contributed by atoms with E-state index < -0.39 is 30.3 Å². The number of carbonyl (C=O) groups is 3. The number of benzene rings is 1. The third-order valence-corrected chi connectivity index (χ3v) is 2.70. The summed E-state index contributed by atoms with van der Waals surface area (Å²) in [5.41, 5.74) is -0.127. The molecule has 0 bridgehead atoms. The Balaban J connectivity index is 2.82. The number of aromatic hydroxyl groups is 1. The first-order chi connectivity index (χ1) is 9.85. The third kappa shape index (κ3) is 4.68. The van der Waals surface area contributed by atoms with E-state index in [4.69, 9.17) is 14.9 Å². The summed E-state index contributed by atoms with van der Waals surface area (Å²) in [6.45, 7) is 0. The summed E-state index contributed by atoms with van der Waals surface area (Å²) in [6.07, 6.45) is -0.654. The number of phenolic OH excluding ortho intramolecular Hbond substituents is 1. The van der Waals surface area contributed by atoms with E-state index in [0.717, 1.165) is 0 Å². The van der Waals surface area contributed by atoms with E-state index in [1.54, 1.807) is 0 Å². The summed E-state index contributed by atoms with van der Waals surface area (Å²) in [4.78, 5) is 33.3. The number of phenols is 1. The summed E-state index contributed by atoms with van der Waals surface area (Å²) < 4.78 is 4.86. The maximum absolute atomic E-state index is 11.9. The van der Waals surface area contributed by atoms with Gasteiger partial charge in [-0.15, -0.1) is 0 Å². The Hall–Kier alpha value is -2.77. The number of carboxylic acid groups (broad SMARTS) is 2. The number of carboxylic acids is 2. The van der Waals surface area contributed by atoms with Crippen LogP contribution in [0.3, 0.4) is 0 Å². The van der Waals surface area contributed by atoms with Gasteiger partial charge in [-0.3, -0.25) is 9.59 Å². The number of carbonyl (C=O) groups excluding carboxylic acids is 1. The number of hydrogen-bond donors (Lipinski definition) is 4. The molecule has 1 amide bonds. The molecular formula is C13H15NO7. The minimum Gasteiger partial charge on any atom is -0.507 e. The molecule has 0 radical (unpaired) electrons. The number of ether oxygens (including phenoxy) is 1. The molecule has 0 spiro atoms. The molecule has 0 saturated carbocycles. The van der Waals surface area contributed by atoms with Crippen LogP contribution >= 0.6 is 0 Å². The maximum Gasteiger partial charge on any atom is 0.326 e. The van der Waals surface area contributed by atoms with Crippen LogP contribution in [0.15, 0.2) is 18.2 Å². The Bertz CT molecular complexity index is 555. The Morgan fingerprint density at radius 1 is 1.29 bits per heavy atom. The Labute approximate surface area is 120 Å². The molecule has 21 heavy (non-hydrogen) atoms. The molecule has 8 heteroatoms. The van der Waals surface area contributed by atoms with Crippen LogP contribution in [-0.2, 0) is 9.59 Å². The van der Waals surface area contributed by atoms with Gasteiger partial charge < -0.3 is 25.4 Å². The van der Waals surface area contributed by atoms with Crippen LogP contribution in [0.25, 0.3) is 0 Å². The van der Waals surface area contributed by atoms with Crippen molar-refractivity contribution in [3.8, 4) is 11.5 Å². The van der Waals surface area contributed by atoms with Crippen molar-refractivity contribution < 1.29 is 34.4 Å². The summed E-state index contributed by atoms with van der Waals surface area (Å²) >= 11 is 0. The fraction of sp³-hybridized carbons (Fsp3) is 0.308. The number of hydrogen-bond acceptors (Lipinski definition) is 5. The van der Waals surface area contributed by atoms with Crippen molar-refractivity contribution in [2.75, 3.05) is 7.11 Å². The number of nitrogens with one attached hydrogen (secondary N) is 1. The first-order valence-electron chi connectivity index (χ1n) is 5.97. The van der Waals surface area contributed by atoms with Crippen molar-refractivity contribution in [1.29, 1.82) is 0 Å². The molecule has 0 aliphatic rings. The fourth-order valence-electron chi connectivity index (χ4n) is 1.59. The van der Waals surface area contributed by atoms with Crippen molar-refractivity contribution in [1.82, 2.24) is 5.32 Å². The second-order valence-corrected chi connectivity index (χ2v) is 4.18. The van der Waals surface area contributed by atoms with Crippen molar-refractivity contribution in [3.63, 3.8) is 0 Å². The van der Waals surface area contributed by atoms with Gasteiger partial charge in [-0.05, 0) is 18.6 Å². The molecule has 8 nitrogen and oxygen atoms in total. The van der Waals surface area contributed by atoms with Gasteiger partial charge in [0.15, 0.2) is 0 Å². The first kappa shape index (κ1) is 16.3. The standard InChI is InChI=1S/C13H15NO7/c1-21-7-2-3-8(10(15)6-7)12(18)14-9(13(19)20)4-5-11(16)17/h2-3,6,9,15H,4-5H2,1H3,(H,14,18)(H,16,17)(H,19,20)/t9-/m0/s1. The first-order valence-corrected chi connectivity index (χ1v) is 5.97. The molecule has 0 aliphatic heterocycles. The summed E-state index contributed by atoms with van der Waals surface area (Å²) in [6, 6.07) is 2.57. The van der Waals surface area contributed by atoms with Crippen LogP contribution in [0.5, 0.6) is 11.5 Å². The molecule has 0 fully saturated rings. The van der Waals surface area contributed by atoms with Gasteiger partial charge in [-0.1, -0.05) is 0 Å². The normalized spacial score (nSPS) is 11.5. The van der Waals surface area contributed by atoms with Gasteiger partial charge in [0, 0.05) is 12.5 Å². The molecule has 0 heterocycles. The zero-order valence-electron chi connectivity index (χ0n) is 11.2. The zero-order chi connectivity index (χ0) is 16.0. The smallest absolute Gasteiger partial charge is 0.326 e. The van der Waals surface area contributed by atoms with Crippen LogP contribution in [-0.4, -0.2) is 46.3 Å². The average molecular weight is 297 g/mol.